The van der Waals surface area contributed by atoms with Gasteiger partial charge in [0.1, 0.15) is 11.5 Å². The quantitative estimate of drug-likeness (QED) is 0.371. The van der Waals surface area contributed by atoms with Gasteiger partial charge < -0.3 is 21.7 Å². The second-order valence-corrected chi connectivity index (χ2v) is 6.67. The fourth-order valence-electron chi connectivity index (χ4n) is 3.39. The van der Waals surface area contributed by atoms with Crippen LogP contribution in [0.1, 0.15) is 0 Å². The van der Waals surface area contributed by atoms with Gasteiger partial charge in [-0.05, 0) is 70.3 Å². The summed E-state index contributed by atoms with van der Waals surface area (Å²) in [5.41, 5.74) is 19.3. The van der Waals surface area contributed by atoms with E-state index in [0.717, 1.165) is 33.4 Å². The highest BCUT2D eigenvalue weighted by atomic mass is 16.3. The molecule has 4 aromatic rings. The number of rotatable bonds is 3. The standard InChI is InChI=1S/C24H20N2O2/c25-18-7-1-15(2-8-18)21-13-14-22(26)24(17-5-11-20(28)12-6-17)23(21)16-3-9-19(27)10-4-16/h1-14,27-28H,25-26H2. The van der Waals surface area contributed by atoms with E-state index in [0.29, 0.717) is 11.4 Å². The van der Waals surface area contributed by atoms with Crippen molar-refractivity contribution in [2.75, 3.05) is 11.5 Å². The lowest BCUT2D eigenvalue weighted by Crippen LogP contribution is -1.97. The Labute approximate surface area is 163 Å². The van der Waals surface area contributed by atoms with Crippen molar-refractivity contribution in [2.24, 2.45) is 0 Å². The highest BCUT2D eigenvalue weighted by molar-refractivity contribution is 5.99. The van der Waals surface area contributed by atoms with Crippen LogP contribution in [0.4, 0.5) is 11.4 Å². The van der Waals surface area contributed by atoms with Gasteiger partial charge in [-0.3, -0.25) is 0 Å². The first kappa shape index (κ1) is 17.5. The third-order valence-electron chi connectivity index (χ3n) is 4.77. The zero-order valence-corrected chi connectivity index (χ0v) is 15.1. The minimum atomic E-state index is 0.197. The van der Waals surface area contributed by atoms with E-state index in [-0.39, 0.29) is 11.5 Å². The van der Waals surface area contributed by atoms with Crippen LogP contribution < -0.4 is 11.5 Å². The molecular weight excluding hydrogens is 348 g/mol. The highest BCUT2D eigenvalue weighted by Gasteiger charge is 2.17. The van der Waals surface area contributed by atoms with E-state index in [4.69, 9.17) is 11.5 Å². The largest absolute Gasteiger partial charge is 0.508 e. The average Bonchev–Trinajstić information content (AvgIpc) is 2.70. The Hall–Kier alpha value is -3.92. The first-order valence-electron chi connectivity index (χ1n) is 8.90. The lowest BCUT2D eigenvalue weighted by atomic mass is 9.86. The second kappa shape index (κ2) is 7.00. The van der Waals surface area contributed by atoms with Gasteiger partial charge in [-0.15, -0.1) is 0 Å². The van der Waals surface area contributed by atoms with Gasteiger partial charge in [-0.2, -0.15) is 0 Å². The van der Waals surface area contributed by atoms with E-state index in [9.17, 15) is 10.2 Å². The summed E-state index contributed by atoms with van der Waals surface area (Å²) in [7, 11) is 0. The lowest BCUT2D eigenvalue weighted by Gasteiger charge is -2.18. The van der Waals surface area contributed by atoms with E-state index in [2.05, 4.69) is 0 Å². The molecular formula is C24H20N2O2. The number of aromatic hydroxyl groups is 2. The Kier molecular flexibility index (Phi) is 4.38. The van der Waals surface area contributed by atoms with Gasteiger partial charge in [0.05, 0.1) is 0 Å². The summed E-state index contributed by atoms with van der Waals surface area (Å²) in [6.07, 6.45) is 0. The van der Waals surface area contributed by atoms with Crippen LogP contribution in [0.25, 0.3) is 33.4 Å². The van der Waals surface area contributed by atoms with Crippen molar-refractivity contribution in [3.63, 3.8) is 0 Å². The lowest BCUT2D eigenvalue weighted by molar-refractivity contribution is 0.475. The maximum absolute atomic E-state index is 9.73. The number of phenols is 2. The molecule has 0 bridgehead atoms. The second-order valence-electron chi connectivity index (χ2n) is 6.67. The van der Waals surface area contributed by atoms with Crippen molar-refractivity contribution in [1.82, 2.24) is 0 Å². The molecule has 0 amide bonds. The van der Waals surface area contributed by atoms with Gasteiger partial charge in [0.15, 0.2) is 0 Å². The van der Waals surface area contributed by atoms with Crippen molar-refractivity contribution >= 4 is 11.4 Å². The third-order valence-corrected chi connectivity index (χ3v) is 4.77. The molecule has 0 heterocycles. The van der Waals surface area contributed by atoms with Crippen molar-refractivity contribution in [2.45, 2.75) is 0 Å². The molecule has 0 atom stereocenters. The molecule has 6 N–H and O–H groups in total. The summed E-state index contributed by atoms with van der Waals surface area (Å²) in [6, 6.07) is 25.6. The third kappa shape index (κ3) is 3.23. The number of hydrogen-bond acceptors (Lipinski definition) is 4. The molecule has 0 saturated carbocycles. The van der Waals surface area contributed by atoms with Gasteiger partial charge in [0, 0.05) is 16.9 Å². The number of phenolic OH excluding ortho intramolecular Hbond substituents is 2. The summed E-state index contributed by atoms with van der Waals surface area (Å²) in [5, 5.41) is 19.4. The van der Waals surface area contributed by atoms with Crippen LogP contribution in [0, 0.1) is 0 Å². The predicted molar refractivity (Wildman–Crippen MR) is 115 cm³/mol. The Morgan fingerprint density at radius 3 is 1.46 bits per heavy atom. The number of benzene rings is 4. The Morgan fingerprint density at radius 2 is 0.929 bits per heavy atom. The Morgan fingerprint density at radius 1 is 0.464 bits per heavy atom. The van der Waals surface area contributed by atoms with Crippen LogP contribution in [-0.2, 0) is 0 Å². The van der Waals surface area contributed by atoms with E-state index < -0.39 is 0 Å². The zero-order valence-electron chi connectivity index (χ0n) is 15.1. The van der Waals surface area contributed by atoms with Crippen LogP contribution in [0.15, 0.2) is 84.9 Å². The van der Waals surface area contributed by atoms with Crippen molar-refractivity contribution in [1.29, 1.82) is 0 Å². The fourth-order valence-corrected chi connectivity index (χ4v) is 3.39. The van der Waals surface area contributed by atoms with Gasteiger partial charge >= 0.3 is 0 Å². The van der Waals surface area contributed by atoms with Crippen LogP contribution in [0.2, 0.25) is 0 Å². The molecule has 0 aliphatic heterocycles. The first-order chi connectivity index (χ1) is 13.5. The topological polar surface area (TPSA) is 92.5 Å². The molecule has 0 spiro atoms. The summed E-state index contributed by atoms with van der Waals surface area (Å²) < 4.78 is 0. The summed E-state index contributed by atoms with van der Waals surface area (Å²) >= 11 is 0. The molecule has 138 valence electrons. The van der Waals surface area contributed by atoms with Crippen LogP contribution in [0.5, 0.6) is 11.5 Å². The van der Waals surface area contributed by atoms with E-state index in [1.54, 1.807) is 24.3 Å². The minimum Gasteiger partial charge on any atom is -0.508 e. The molecule has 28 heavy (non-hydrogen) atoms. The van der Waals surface area contributed by atoms with Gasteiger partial charge in [0.25, 0.3) is 0 Å². The molecule has 0 radical (unpaired) electrons. The van der Waals surface area contributed by atoms with E-state index >= 15 is 0 Å². The van der Waals surface area contributed by atoms with Crippen molar-refractivity contribution < 1.29 is 10.2 Å². The molecule has 0 saturated heterocycles. The van der Waals surface area contributed by atoms with Gasteiger partial charge in [0.2, 0.25) is 0 Å². The van der Waals surface area contributed by atoms with E-state index in [1.165, 1.54) is 0 Å². The minimum absolute atomic E-state index is 0.197. The maximum atomic E-state index is 9.73. The highest BCUT2D eigenvalue weighted by Crippen LogP contribution is 2.43. The molecule has 0 aliphatic rings. The number of anilines is 2. The SMILES string of the molecule is Nc1ccc(-c2ccc(N)c(-c3ccc(O)cc3)c2-c2ccc(O)cc2)cc1. The first-order valence-corrected chi connectivity index (χ1v) is 8.90. The predicted octanol–water partition coefficient (Wildman–Crippen LogP) is 5.26. The van der Waals surface area contributed by atoms with Crippen LogP contribution in [-0.4, -0.2) is 10.2 Å². The average molecular weight is 368 g/mol. The number of nitrogens with two attached hydrogens (primary N) is 2. The van der Waals surface area contributed by atoms with Crippen LogP contribution in [0.3, 0.4) is 0 Å². The zero-order chi connectivity index (χ0) is 19.7. The summed E-state index contributed by atoms with van der Waals surface area (Å²) in [5.74, 6) is 0.399. The molecule has 0 unspecified atom stereocenters. The Balaban J connectivity index is 2.04. The van der Waals surface area contributed by atoms with Crippen molar-refractivity contribution in [3.05, 3.63) is 84.9 Å². The molecule has 0 fully saturated rings. The van der Waals surface area contributed by atoms with Crippen LogP contribution >= 0.6 is 0 Å². The smallest absolute Gasteiger partial charge is 0.115 e. The Bertz CT molecular complexity index is 1120. The summed E-state index contributed by atoms with van der Waals surface area (Å²) in [6.45, 7) is 0. The van der Waals surface area contributed by atoms with Gasteiger partial charge in [-0.25, -0.2) is 0 Å². The summed E-state index contributed by atoms with van der Waals surface area (Å²) in [4.78, 5) is 0. The number of hydrogen-bond donors (Lipinski definition) is 4. The molecule has 4 nitrogen and oxygen atoms in total. The molecule has 4 rings (SSSR count). The molecule has 0 aromatic heterocycles. The molecule has 0 aliphatic carbocycles. The molecule has 4 heteroatoms. The number of nitrogen functional groups attached to an aromatic ring is 2. The van der Waals surface area contributed by atoms with Crippen molar-refractivity contribution in [3.8, 4) is 44.9 Å². The fraction of sp³-hybridized carbons (Fsp3) is 0. The maximum Gasteiger partial charge on any atom is 0.115 e. The van der Waals surface area contributed by atoms with Gasteiger partial charge in [-0.1, -0.05) is 42.5 Å². The monoisotopic (exact) mass is 368 g/mol. The van der Waals surface area contributed by atoms with E-state index in [1.807, 2.05) is 60.7 Å². The normalized spacial score (nSPS) is 10.7. The molecule has 4 aromatic carbocycles.